The van der Waals surface area contributed by atoms with E-state index in [1.54, 1.807) is 0 Å². The summed E-state index contributed by atoms with van der Waals surface area (Å²) < 4.78 is 0. The lowest BCUT2D eigenvalue weighted by Crippen LogP contribution is -2.45. The lowest BCUT2D eigenvalue weighted by molar-refractivity contribution is -0.0462. The van der Waals surface area contributed by atoms with E-state index in [4.69, 9.17) is 0 Å². The van der Waals surface area contributed by atoms with Crippen molar-refractivity contribution < 1.29 is 0 Å². The molecule has 0 radical (unpaired) electrons. The fourth-order valence-electron chi connectivity index (χ4n) is 3.96. The predicted molar refractivity (Wildman–Crippen MR) is 69.0 cm³/mol. The molecule has 1 rings (SSSR count). The molecule has 0 saturated heterocycles. The van der Waals surface area contributed by atoms with Gasteiger partial charge in [-0.05, 0) is 29.1 Å². The molecule has 0 unspecified atom stereocenters. The first-order valence-electron chi connectivity index (χ1n) is 6.71. The Kier molecular flexibility index (Phi) is 3.58. The van der Waals surface area contributed by atoms with E-state index in [2.05, 4.69) is 41.5 Å². The van der Waals surface area contributed by atoms with Crippen LogP contribution in [0.5, 0.6) is 0 Å². The Morgan fingerprint density at radius 3 is 1.20 bits per heavy atom. The van der Waals surface area contributed by atoms with Gasteiger partial charge in [0, 0.05) is 0 Å². The van der Waals surface area contributed by atoms with E-state index in [9.17, 15) is 0 Å². The van der Waals surface area contributed by atoms with Gasteiger partial charge in [0.2, 0.25) is 0 Å². The molecule has 90 valence electrons. The highest BCUT2D eigenvalue weighted by Crippen LogP contribution is 2.58. The summed E-state index contributed by atoms with van der Waals surface area (Å²) in [4.78, 5) is 0. The van der Waals surface area contributed by atoms with Gasteiger partial charge in [0.25, 0.3) is 0 Å². The summed E-state index contributed by atoms with van der Waals surface area (Å²) >= 11 is 0. The largest absolute Gasteiger partial charge is 0.0596 e. The minimum atomic E-state index is 0.440. The average molecular weight is 210 g/mol. The Hall–Kier alpha value is 0. The van der Waals surface area contributed by atoms with Gasteiger partial charge in [-0.25, -0.2) is 0 Å². The molecule has 0 aromatic rings. The van der Waals surface area contributed by atoms with Crippen molar-refractivity contribution in [1.29, 1.82) is 0 Å². The molecule has 0 nitrogen and oxygen atoms in total. The van der Waals surface area contributed by atoms with Gasteiger partial charge in [-0.1, -0.05) is 67.2 Å². The van der Waals surface area contributed by atoms with Crippen LogP contribution in [0.2, 0.25) is 0 Å². The minimum absolute atomic E-state index is 0.440. The van der Waals surface area contributed by atoms with E-state index in [0.717, 1.165) is 0 Å². The average Bonchev–Trinajstić information content (AvgIpc) is 2.25. The summed E-state index contributed by atoms with van der Waals surface area (Å²) in [7, 11) is 0. The summed E-state index contributed by atoms with van der Waals surface area (Å²) in [6, 6.07) is 0. The summed E-state index contributed by atoms with van der Waals surface area (Å²) in [5.41, 5.74) is 1.42. The highest BCUT2D eigenvalue weighted by Gasteiger charge is 2.49. The van der Waals surface area contributed by atoms with Crippen LogP contribution in [0.25, 0.3) is 0 Å². The molecule has 0 bridgehead atoms. The quantitative estimate of drug-likeness (QED) is 0.468. The molecule has 0 heterocycles. The van der Waals surface area contributed by atoms with Gasteiger partial charge in [-0.15, -0.1) is 0 Å². The first-order valence-corrected chi connectivity index (χ1v) is 6.71. The van der Waals surface area contributed by atoms with E-state index in [-0.39, 0.29) is 0 Å². The molecule has 0 aliphatic heterocycles. The van der Waals surface area contributed by atoms with Gasteiger partial charge in [0.15, 0.2) is 0 Å². The molecule has 0 aromatic carbocycles. The van der Waals surface area contributed by atoms with Crippen molar-refractivity contribution in [1.82, 2.24) is 0 Å². The molecule has 15 heavy (non-hydrogen) atoms. The van der Waals surface area contributed by atoms with E-state index < -0.39 is 0 Å². The summed E-state index contributed by atoms with van der Waals surface area (Å²) in [5.74, 6) is 0. The molecule has 0 aromatic heterocycles. The molecular formula is C15H30. The fourth-order valence-corrected chi connectivity index (χ4v) is 3.96. The SMILES string of the molecule is CC(C)(C)C1(C(C)(C)C)CCCCCC1. The third-order valence-electron chi connectivity index (χ3n) is 4.83. The Morgan fingerprint density at radius 1 is 0.600 bits per heavy atom. The number of hydrogen-bond donors (Lipinski definition) is 0. The fraction of sp³-hybridized carbons (Fsp3) is 1.00. The number of rotatable bonds is 0. The van der Waals surface area contributed by atoms with E-state index in [1.807, 2.05) is 0 Å². The molecule has 1 saturated carbocycles. The van der Waals surface area contributed by atoms with Crippen molar-refractivity contribution in [3.8, 4) is 0 Å². The van der Waals surface area contributed by atoms with Crippen LogP contribution in [0.1, 0.15) is 80.1 Å². The standard InChI is InChI=1S/C15H30/c1-13(2,3)15(14(4,5)6)11-9-7-8-10-12-15/h7-12H2,1-6H3. The van der Waals surface area contributed by atoms with Crippen molar-refractivity contribution in [2.45, 2.75) is 80.1 Å². The van der Waals surface area contributed by atoms with Crippen molar-refractivity contribution in [3.05, 3.63) is 0 Å². The van der Waals surface area contributed by atoms with E-state index >= 15 is 0 Å². The summed E-state index contributed by atoms with van der Waals surface area (Å²) in [6.45, 7) is 14.7. The van der Waals surface area contributed by atoms with Gasteiger partial charge in [-0.3, -0.25) is 0 Å². The molecule has 0 heteroatoms. The zero-order valence-corrected chi connectivity index (χ0v) is 11.7. The molecule has 0 spiro atoms. The minimum Gasteiger partial charge on any atom is -0.0596 e. The second-order valence-corrected chi connectivity index (χ2v) is 7.50. The Balaban J connectivity index is 3.05. The van der Waals surface area contributed by atoms with E-state index in [0.29, 0.717) is 16.2 Å². The lowest BCUT2D eigenvalue weighted by Gasteiger charge is -2.54. The maximum absolute atomic E-state index is 2.45. The molecule has 1 aliphatic carbocycles. The molecule has 1 aliphatic rings. The van der Waals surface area contributed by atoms with Crippen LogP contribution in [0.4, 0.5) is 0 Å². The van der Waals surface area contributed by atoms with E-state index in [1.165, 1.54) is 38.5 Å². The van der Waals surface area contributed by atoms with Crippen molar-refractivity contribution in [3.63, 3.8) is 0 Å². The Bertz CT molecular complexity index is 175. The summed E-state index contributed by atoms with van der Waals surface area (Å²) in [5, 5.41) is 0. The predicted octanol–water partition coefficient (Wildman–Crippen LogP) is 5.42. The molecular weight excluding hydrogens is 180 g/mol. The number of hydrogen-bond acceptors (Lipinski definition) is 0. The van der Waals surface area contributed by atoms with Crippen molar-refractivity contribution in [2.75, 3.05) is 0 Å². The maximum Gasteiger partial charge on any atom is -0.0200 e. The highest BCUT2D eigenvalue weighted by molar-refractivity contribution is 4.99. The highest BCUT2D eigenvalue weighted by atomic mass is 14.5. The normalized spacial score (nSPS) is 23.6. The topological polar surface area (TPSA) is 0 Å². The first-order chi connectivity index (χ1) is 6.71. The van der Waals surface area contributed by atoms with Gasteiger partial charge in [0.05, 0.1) is 0 Å². The van der Waals surface area contributed by atoms with Gasteiger partial charge in [0.1, 0.15) is 0 Å². The zero-order chi connectivity index (χ0) is 11.7. The maximum atomic E-state index is 2.45. The Morgan fingerprint density at radius 2 is 0.933 bits per heavy atom. The zero-order valence-electron chi connectivity index (χ0n) is 11.7. The smallest absolute Gasteiger partial charge is 0.0200 e. The molecule has 0 amide bonds. The third kappa shape index (κ3) is 2.40. The van der Waals surface area contributed by atoms with Crippen LogP contribution in [-0.2, 0) is 0 Å². The van der Waals surface area contributed by atoms with Crippen molar-refractivity contribution in [2.24, 2.45) is 16.2 Å². The van der Waals surface area contributed by atoms with Crippen LogP contribution in [0.15, 0.2) is 0 Å². The molecule has 0 N–H and O–H groups in total. The monoisotopic (exact) mass is 210 g/mol. The first kappa shape index (κ1) is 13.1. The van der Waals surface area contributed by atoms with Crippen molar-refractivity contribution >= 4 is 0 Å². The van der Waals surface area contributed by atoms with Crippen LogP contribution < -0.4 is 0 Å². The summed E-state index contributed by atoms with van der Waals surface area (Å²) in [6.07, 6.45) is 8.64. The molecule has 1 fully saturated rings. The Labute approximate surface area is 96.8 Å². The van der Waals surface area contributed by atoms with Gasteiger partial charge >= 0.3 is 0 Å². The van der Waals surface area contributed by atoms with Crippen LogP contribution in [0, 0.1) is 16.2 Å². The second-order valence-electron chi connectivity index (χ2n) is 7.50. The molecule has 0 atom stereocenters. The van der Waals surface area contributed by atoms with Crippen LogP contribution in [-0.4, -0.2) is 0 Å². The van der Waals surface area contributed by atoms with Gasteiger partial charge in [-0.2, -0.15) is 0 Å². The third-order valence-corrected chi connectivity index (χ3v) is 4.83. The van der Waals surface area contributed by atoms with Gasteiger partial charge < -0.3 is 0 Å². The van der Waals surface area contributed by atoms with Crippen LogP contribution >= 0.6 is 0 Å². The van der Waals surface area contributed by atoms with Crippen LogP contribution in [0.3, 0.4) is 0 Å². The second kappa shape index (κ2) is 4.11. The lowest BCUT2D eigenvalue weighted by atomic mass is 9.51.